The number of benzene rings is 1. The van der Waals surface area contributed by atoms with Gasteiger partial charge in [0.25, 0.3) is 0 Å². The maximum absolute atomic E-state index is 11.7. The molecule has 1 aromatic carbocycles. The summed E-state index contributed by atoms with van der Waals surface area (Å²) in [6.45, 7) is 3.19. The summed E-state index contributed by atoms with van der Waals surface area (Å²) in [6.07, 6.45) is 1.91. The molecule has 1 saturated heterocycles. The van der Waals surface area contributed by atoms with E-state index in [-0.39, 0.29) is 12.1 Å². The van der Waals surface area contributed by atoms with E-state index in [4.69, 9.17) is 9.47 Å². The predicted molar refractivity (Wildman–Crippen MR) is 81.4 cm³/mol. The van der Waals surface area contributed by atoms with Crippen molar-refractivity contribution >= 4 is 5.97 Å². The zero-order chi connectivity index (χ0) is 15.6. The normalized spacial score (nSPS) is 28.6. The first kappa shape index (κ1) is 15.5. The van der Waals surface area contributed by atoms with Gasteiger partial charge in [-0.1, -0.05) is 30.3 Å². The number of carbonyl (C=O) groups is 1. The third-order valence-corrected chi connectivity index (χ3v) is 4.75. The molecule has 2 fully saturated rings. The Morgan fingerprint density at radius 1 is 1.32 bits per heavy atom. The topological polar surface area (TPSA) is 67.8 Å². The minimum atomic E-state index is -0.782. The third-order valence-electron chi connectivity index (χ3n) is 4.75. The summed E-state index contributed by atoms with van der Waals surface area (Å²) in [5.41, 5.74) is 1.17. The van der Waals surface area contributed by atoms with Crippen LogP contribution in [0.25, 0.3) is 0 Å². The van der Waals surface area contributed by atoms with E-state index in [1.807, 2.05) is 18.2 Å². The Labute approximate surface area is 130 Å². The van der Waals surface area contributed by atoms with Gasteiger partial charge < -0.3 is 19.9 Å². The summed E-state index contributed by atoms with van der Waals surface area (Å²) in [5.74, 6) is -1.94. The Morgan fingerprint density at radius 2 is 2.00 bits per heavy atom. The first-order valence-corrected chi connectivity index (χ1v) is 7.91. The molecule has 0 aromatic heterocycles. The molecule has 1 aliphatic heterocycles. The molecule has 5 heteroatoms. The highest BCUT2D eigenvalue weighted by Gasteiger charge is 2.47. The molecule has 1 saturated carbocycles. The number of aliphatic carboxylic acids is 1. The van der Waals surface area contributed by atoms with E-state index < -0.39 is 17.7 Å². The van der Waals surface area contributed by atoms with Crippen LogP contribution >= 0.6 is 0 Å². The molecule has 120 valence electrons. The largest absolute Gasteiger partial charge is 0.481 e. The van der Waals surface area contributed by atoms with Crippen molar-refractivity contribution in [1.82, 2.24) is 5.32 Å². The molecule has 0 amide bonds. The molecule has 1 aromatic rings. The fraction of sp³-hybridized carbons (Fsp3) is 0.588. The van der Waals surface area contributed by atoms with Crippen molar-refractivity contribution in [1.29, 1.82) is 0 Å². The smallest absolute Gasteiger partial charge is 0.308 e. The van der Waals surface area contributed by atoms with Crippen LogP contribution in [0.15, 0.2) is 30.3 Å². The van der Waals surface area contributed by atoms with E-state index in [9.17, 15) is 9.90 Å². The first-order chi connectivity index (χ1) is 10.6. The monoisotopic (exact) mass is 305 g/mol. The van der Waals surface area contributed by atoms with Gasteiger partial charge in [-0.3, -0.25) is 4.79 Å². The second-order valence-electron chi connectivity index (χ2n) is 6.20. The molecule has 22 heavy (non-hydrogen) atoms. The van der Waals surface area contributed by atoms with Crippen LogP contribution in [-0.4, -0.2) is 36.1 Å². The molecule has 0 bridgehead atoms. The lowest BCUT2D eigenvalue weighted by Gasteiger charge is -2.40. The second-order valence-corrected chi connectivity index (χ2v) is 6.20. The van der Waals surface area contributed by atoms with Gasteiger partial charge in [0.05, 0.1) is 19.1 Å². The maximum atomic E-state index is 11.7. The molecular formula is C17H23NO4. The minimum Gasteiger partial charge on any atom is -0.481 e. The lowest BCUT2D eigenvalue weighted by Crippen LogP contribution is -2.51. The number of hydrogen-bond donors (Lipinski definition) is 2. The Bertz CT molecular complexity index is 513. The molecule has 2 N–H and O–H groups in total. The van der Waals surface area contributed by atoms with Crippen LogP contribution in [-0.2, 0) is 14.3 Å². The Balaban J connectivity index is 1.69. The molecule has 3 atom stereocenters. The number of carboxylic acid groups (broad SMARTS) is 1. The standard InChI is InChI=1S/C17H23NO4/c1-12(13-5-3-2-4-6-13)18-15-7-8-17(21-9-10-22-17)11-14(15)16(19)20/h2-6,12,14-15,18H,7-11H2,1H3,(H,19,20)/t12-,14+,15-/m0/s1. The first-order valence-electron chi connectivity index (χ1n) is 7.91. The van der Waals surface area contributed by atoms with Crippen molar-refractivity contribution in [3.05, 3.63) is 35.9 Å². The summed E-state index contributed by atoms with van der Waals surface area (Å²) >= 11 is 0. The number of nitrogens with one attached hydrogen (secondary N) is 1. The predicted octanol–water partition coefficient (Wildman–Crippen LogP) is 2.33. The highest BCUT2D eigenvalue weighted by Crippen LogP contribution is 2.39. The summed E-state index contributed by atoms with van der Waals surface area (Å²) in [5, 5.41) is 13.1. The van der Waals surface area contributed by atoms with E-state index >= 15 is 0 Å². The Morgan fingerprint density at radius 3 is 2.64 bits per heavy atom. The lowest BCUT2D eigenvalue weighted by molar-refractivity contribution is -0.197. The van der Waals surface area contributed by atoms with Gasteiger partial charge in [0.15, 0.2) is 5.79 Å². The van der Waals surface area contributed by atoms with Gasteiger partial charge in [0.2, 0.25) is 0 Å². The van der Waals surface area contributed by atoms with Gasteiger partial charge in [-0.2, -0.15) is 0 Å². The summed E-state index contributed by atoms with van der Waals surface area (Å²) < 4.78 is 11.4. The van der Waals surface area contributed by atoms with Gasteiger partial charge in [-0.15, -0.1) is 0 Å². The Kier molecular flexibility index (Phi) is 4.47. The fourth-order valence-electron chi connectivity index (χ4n) is 3.53. The zero-order valence-electron chi connectivity index (χ0n) is 12.8. The van der Waals surface area contributed by atoms with Crippen LogP contribution in [0.1, 0.15) is 37.8 Å². The van der Waals surface area contributed by atoms with Crippen LogP contribution in [0.5, 0.6) is 0 Å². The van der Waals surface area contributed by atoms with Crippen molar-refractivity contribution in [2.45, 2.75) is 44.1 Å². The maximum Gasteiger partial charge on any atom is 0.308 e. The summed E-state index contributed by atoms with van der Waals surface area (Å²) in [4.78, 5) is 11.7. The average molecular weight is 305 g/mol. The number of hydrogen-bond acceptors (Lipinski definition) is 4. The van der Waals surface area contributed by atoms with E-state index in [0.29, 0.717) is 19.6 Å². The molecule has 3 rings (SSSR count). The zero-order valence-corrected chi connectivity index (χ0v) is 12.8. The van der Waals surface area contributed by atoms with Gasteiger partial charge in [0.1, 0.15) is 0 Å². The number of carboxylic acids is 1. The van der Waals surface area contributed by atoms with Crippen molar-refractivity contribution in [2.24, 2.45) is 5.92 Å². The van der Waals surface area contributed by atoms with Crippen molar-refractivity contribution < 1.29 is 19.4 Å². The highest BCUT2D eigenvalue weighted by molar-refractivity contribution is 5.71. The molecule has 1 heterocycles. The molecule has 5 nitrogen and oxygen atoms in total. The highest BCUT2D eigenvalue weighted by atomic mass is 16.7. The number of rotatable bonds is 4. The van der Waals surface area contributed by atoms with Crippen molar-refractivity contribution in [2.75, 3.05) is 13.2 Å². The van der Waals surface area contributed by atoms with E-state index in [1.165, 1.54) is 5.56 Å². The fourth-order valence-corrected chi connectivity index (χ4v) is 3.53. The summed E-state index contributed by atoms with van der Waals surface area (Å²) in [6, 6.07) is 10.1. The van der Waals surface area contributed by atoms with Gasteiger partial charge in [-0.05, 0) is 18.9 Å². The molecular weight excluding hydrogens is 282 g/mol. The van der Waals surface area contributed by atoms with E-state index in [1.54, 1.807) is 0 Å². The quantitative estimate of drug-likeness (QED) is 0.893. The molecule has 2 aliphatic rings. The average Bonchev–Trinajstić information content (AvgIpc) is 2.98. The summed E-state index contributed by atoms with van der Waals surface area (Å²) in [7, 11) is 0. The molecule has 1 aliphatic carbocycles. The Hall–Kier alpha value is -1.43. The van der Waals surface area contributed by atoms with Gasteiger partial charge in [-0.25, -0.2) is 0 Å². The van der Waals surface area contributed by atoms with Gasteiger partial charge >= 0.3 is 5.97 Å². The van der Waals surface area contributed by atoms with Crippen LogP contribution in [0, 0.1) is 5.92 Å². The van der Waals surface area contributed by atoms with E-state index in [0.717, 1.165) is 12.8 Å². The van der Waals surface area contributed by atoms with Gasteiger partial charge in [0, 0.05) is 24.9 Å². The van der Waals surface area contributed by atoms with Crippen molar-refractivity contribution in [3.8, 4) is 0 Å². The lowest BCUT2D eigenvalue weighted by atomic mass is 9.80. The molecule has 0 radical (unpaired) electrons. The van der Waals surface area contributed by atoms with Crippen LogP contribution in [0.4, 0.5) is 0 Å². The second kappa shape index (κ2) is 6.36. The van der Waals surface area contributed by atoms with Crippen LogP contribution < -0.4 is 5.32 Å². The minimum absolute atomic E-state index is 0.0638. The van der Waals surface area contributed by atoms with Crippen molar-refractivity contribution in [3.63, 3.8) is 0 Å². The SMILES string of the molecule is C[C@H](N[C@H]1CCC2(C[C@H]1C(=O)O)OCCO2)c1ccccc1. The van der Waals surface area contributed by atoms with Crippen LogP contribution in [0.3, 0.4) is 0 Å². The van der Waals surface area contributed by atoms with Crippen LogP contribution in [0.2, 0.25) is 0 Å². The molecule has 1 spiro atoms. The molecule has 0 unspecified atom stereocenters. The number of ether oxygens (including phenoxy) is 2. The third kappa shape index (κ3) is 3.16. The van der Waals surface area contributed by atoms with E-state index in [2.05, 4.69) is 24.4 Å².